The van der Waals surface area contributed by atoms with Crippen LogP contribution in [0.15, 0.2) is 24.4 Å². The number of carboxylic acid groups (broad SMARTS) is 1. The number of carbonyl (C=O) groups excluding carboxylic acids is 1. The highest BCUT2D eigenvalue weighted by molar-refractivity contribution is 6.08. The number of para-hydroxylation sites is 1. The predicted molar refractivity (Wildman–Crippen MR) is 83.4 cm³/mol. The molecule has 0 aliphatic carbocycles. The Balaban J connectivity index is 2.36. The van der Waals surface area contributed by atoms with Crippen LogP contribution in [0.5, 0.6) is 0 Å². The molecule has 0 unspecified atom stereocenters. The van der Waals surface area contributed by atoms with Crippen molar-refractivity contribution in [3.05, 3.63) is 46.8 Å². The van der Waals surface area contributed by atoms with E-state index < -0.39 is 5.97 Å². The summed E-state index contributed by atoms with van der Waals surface area (Å²) in [5.41, 5.74) is 2.13. The first-order valence-electron chi connectivity index (χ1n) is 7.01. The van der Waals surface area contributed by atoms with Crippen LogP contribution in [0.1, 0.15) is 51.9 Å². The molecule has 2 rings (SSSR count). The first-order valence-corrected chi connectivity index (χ1v) is 7.01. The summed E-state index contributed by atoms with van der Waals surface area (Å²) < 4.78 is 1.71. The number of aryl methyl sites for hydroxylation is 2. The first kappa shape index (κ1) is 15.8. The third-order valence-corrected chi connectivity index (χ3v) is 3.43. The zero-order chi connectivity index (χ0) is 16.4. The maximum Gasteiger partial charge on any atom is 0.337 e. The summed E-state index contributed by atoms with van der Waals surface area (Å²) in [6, 6.07) is 5.02. The second-order valence-electron chi connectivity index (χ2n) is 5.46. The van der Waals surface area contributed by atoms with Crippen LogP contribution in [0.25, 0.3) is 0 Å². The summed E-state index contributed by atoms with van der Waals surface area (Å²) in [6.07, 6.45) is 1.67. The van der Waals surface area contributed by atoms with E-state index in [-0.39, 0.29) is 17.5 Å². The molecule has 0 bridgehead atoms. The number of amides is 1. The molecule has 2 aromatic rings. The smallest absolute Gasteiger partial charge is 0.337 e. The average molecular weight is 301 g/mol. The molecule has 0 radical (unpaired) electrons. The quantitative estimate of drug-likeness (QED) is 0.909. The van der Waals surface area contributed by atoms with Gasteiger partial charge in [-0.05, 0) is 39.3 Å². The predicted octanol–water partition coefficient (Wildman–Crippen LogP) is 3.03. The van der Waals surface area contributed by atoms with Gasteiger partial charge in [-0.3, -0.25) is 9.48 Å². The number of hydrogen-bond acceptors (Lipinski definition) is 3. The first-order chi connectivity index (χ1) is 10.3. The molecule has 2 N–H and O–H groups in total. The van der Waals surface area contributed by atoms with Crippen LogP contribution in [-0.2, 0) is 0 Å². The highest BCUT2D eigenvalue weighted by Gasteiger charge is 2.19. The van der Waals surface area contributed by atoms with Gasteiger partial charge in [-0.25, -0.2) is 4.79 Å². The van der Waals surface area contributed by atoms with Gasteiger partial charge in [0.15, 0.2) is 0 Å². The molecule has 0 aliphatic rings. The van der Waals surface area contributed by atoms with Gasteiger partial charge in [0.2, 0.25) is 0 Å². The summed E-state index contributed by atoms with van der Waals surface area (Å²) in [7, 11) is 0. The van der Waals surface area contributed by atoms with E-state index in [1.807, 2.05) is 13.8 Å². The van der Waals surface area contributed by atoms with Crippen LogP contribution in [0.3, 0.4) is 0 Å². The minimum Gasteiger partial charge on any atom is -0.478 e. The molecule has 6 nitrogen and oxygen atoms in total. The minimum atomic E-state index is -1.08. The summed E-state index contributed by atoms with van der Waals surface area (Å²) in [4.78, 5) is 23.7. The molecule has 6 heteroatoms. The molecule has 0 spiro atoms. The van der Waals surface area contributed by atoms with Crippen LogP contribution in [0.4, 0.5) is 5.69 Å². The van der Waals surface area contributed by atoms with Gasteiger partial charge < -0.3 is 10.4 Å². The Bertz CT molecular complexity index is 732. The van der Waals surface area contributed by atoms with Gasteiger partial charge in [-0.15, -0.1) is 0 Å². The molecule has 0 aliphatic heterocycles. The van der Waals surface area contributed by atoms with Crippen molar-refractivity contribution in [1.29, 1.82) is 0 Å². The van der Waals surface area contributed by atoms with Crippen molar-refractivity contribution in [3.8, 4) is 0 Å². The van der Waals surface area contributed by atoms with E-state index in [0.717, 1.165) is 0 Å². The van der Waals surface area contributed by atoms with Gasteiger partial charge in [-0.1, -0.05) is 12.1 Å². The third kappa shape index (κ3) is 3.00. The normalized spacial score (nSPS) is 10.8. The molecule has 1 aromatic heterocycles. The molecule has 1 aromatic carbocycles. The van der Waals surface area contributed by atoms with Crippen molar-refractivity contribution in [2.75, 3.05) is 5.32 Å². The van der Waals surface area contributed by atoms with Crippen molar-refractivity contribution < 1.29 is 14.7 Å². The summed E-state index contributed by atoms with van der Waals surface area (Å²) >= 11 is 0. The average Bonchev–Trinajstić information content (AvgIpc) is 2.83. The number of anilines is 1. The Kier molecular flexibility index (Phi) is 4.30. The van der Waals surface area contributed by atoms with Crippen LogP contribution < -0.4 is 5.32 Å². The number of benzene rings is 1. The number of nitrogens with one attached hydrogen (secondary N) is 1. The Morgan fingerprint density at radius 3 is 2.45 bits per heavy atom. The molecule has 0 saturated carbocycles. The van der Waals surface area contributed by atoms with Crippen molar-refractivity contribution >= 4 is 17.6 Å². The van der Waals surface area contributed by atoms with Gasteiger partial charge in [0.05, 0.1) is 22.5 Å². The second-order valence-corrected chi connectivity index (χ2v) is 5.46. The van der Waals surface area contributed by atoms with Crippen LogP contribution in [0, 0.1) is 13.8 Å². The molecule has 0 atom stereocenters. The second kappa shape index (κ2) is 6.01. The van der Waals surface area contributed by atoms with Crippen LogP contribution >= 0.6 is 0 Å². The van der Waals surface area contributed by atoms with Crippen molar-refractivity contribution in [1.82, 2.24) is 9.78 Å². The molecule has 22 heavy (non-hydrogen) atoms. The highest BCUT2D eigenvalue weighted by Crippen LogP contribution is 2.22. The lowest BCUT2D eigenvalue weighted by Gasteiger charge is -2.11. The number of hydrogen-bond donors (Lipinski definition) is 2. The lowest BCUT2D eigenvalue weighted by atomic mass is 10.1. The number of carbonyl (C=O) groups is 2. The van der Waals surface area contributed by atoms with Crippen molar-refractivity contribution in [3.63, 3.8) is 0 Å². The maximum absolute atomic E-state index is 12.4. The fourth-order valence-electron chi connectivity index (χ4n) is 2.16. The molecule has 1 heterocycles. The van der Waals surface area contributed by atoms with Crippen molar-refractivity contribution in [2.24, 2.45) is 0 Å². The van der Waals surface area contributed by atoms with Crippen molar-refractivity contribution in [2.45, 2.75) is 33.7 Å². The Morgan fingerprint density at radius 2 is 1.91 bits per heavy atom. The molecule has 0 saturated heterocycles. The number of rotatable bonds is 4. The topological polar surface area (TPSA) is 84.2 Å². The van der Waals surface area contributed by atoms with E-state index >= 15 is 0 Å². The van der Waals surface area contributed by atoms with Crippen LogP contribution in [-0.4, -0.2) is 26.8 Å². The van der Waals surface area contributed by atoms with Gasteiger partial charge in [-0.2, -0.15) is 5.10 Å². The monoisotopic (exact) mass is 301 g/mol. The van der Waals surface area contributed by atoms with Gasteiger partial charge in [0, 0.05) is 12.2 Å². The number of nitrogens with zero attached hydrogens (tertiary/aromatic N) is 2. The molecule has 116 valence electrons. The lowest BCUT2D eigenvalue weighted by molar-refractivity contribution is 0.0698. The molecular weight excluding hydrogens is 282 g/mol. The van der Waals surface area contributed by atoms with E-state index in [9.17, 15) is 14.7 Å². The standard InChI is InChI=1S/C16H19N3O3/c1-9(2)19-8-13(11(4)18-19)15(20)17-14-10(3)6-5-7-12(14)16(21)22/h5-9H,1-4H3,(H,17,20)(H,21,22). The zero-order valence-corrected chi connectivity index (χ0v) is 13.0. The fraction of sp³-hybridized carbons (Fsp3) is 0.312. The highest BCUT2D eigenvalue weighted by atomic mass is 16.4. The van der Waals surface area contributed by atoms with E-state index in [1.54, 1.807) is 36.9 Å². The maximum atomic E-state index is 12.4. The summed E-state index contributed by atoms with van der Waals surface area (Å²) in [5.74, 6) is -1.44. The van der Waals surface area contributed by atoms with E-state index in [1.165, 1.54) is 6.07 Å². The molecular formula is C16H19N3O3. The Hall–Kier alpha value is -2.63. The summed E-state index contributed by atoms with van der Waals surface area (Å²) in [6.45, 7) is 7.45. The van der Waals surface area contributed by atoms with E-state index in [2.05, 4.69) is 10.4 Å². The molecule has 0 fully saturated rings. The van der Waals surface area contributed by atoms with E-state index in [0.29, 0.717) is 22.5 Å². The minimum absolute atomic E-state index is 0.0715. The third-order valence-electron chi connectivity index (χ3n) is 3.43. The number of aromatic carboxylic acids is 1. The number of aromatic nitrogens is 2. The Labute approximate surface area is 128 Å². The fourth-order valence-corrected chi connectivity index (χ4v) is 2.16. The van der Waals surface area contributed by atoms with Gasteiger partial charge >= 0.3 is 5.97 Å². The van der Waals surface area contributed by atoms with Gasteiger partial charge in [0.1, 0.15) is 0 Å². The van der Waals surface area contributed by atoms with Crippen LogP contribution in [0.2, 0.25) is 0 Å². The molecule has 1 amide bonds. The summed E-state index contributed by atoms with van der Waals surface area (Å²) in [5, 5.41) is 16.2. The van der Waals surface area contributed by atoms with Gasteiger partial charge in [0.25, 0.3) is 5.91 Å². The number of carboxylic acids is 1. The lowest BCUT2D eigenvalue weighted by Crippen LogP contribution is -2.16. The Morgan fingerprint density at radius 1 is 1.23 bits per heavy atom. The SMILES string of the molecule is Cc1cccc(C(=O)O)c1NC(=O)c1cn(C(C)C)nc1C. The zero-order valence-electron chi connectivity index (χ0n) is 13.0. The largest absolute Gasteiger partial charge is 0.478 e. The van der Waals surface area contributed by atoms with E-state index in [4.69, 9.17) is 0 Å².